The summed E-state index contributed by atoms with van der Waals surface area (Å²) in [6.45, 7) is 5.97. The Morgan fingerprint density at radius 1 is 1.06 bits per heavy atom. The molecule has 0 spiro atoms. The van der Waals surface area contributed by atoms with Crippen LogP contribution in [0.2, 0.25) is 0 Å². The maximum Gasteiger partial charge on any atom is 0.294 e. The molecular weight excluding hydrogens is 416 g/mol. The highest BCUT2D eigenvalue weighted by Gasteiger charge is 2.36. The fourth-order valence-electron chi connectivity index (χ4n) is 2.85. The van der Waals surface area contributed by atoms with Crippen molar-refractivity contribution >= 4 is 40.6 Å². The molecule has 162 valence electrons. The maximum absolute atomic E-state index is 12.6. The number of imide groups is 1. The summed E-state index contributed by atoms with van der Waals surface area (Å²) < 4.78 is 11.0. The van der Waals surface area contributed by atoms with Gasteiger partial charge in [-0.15, -0.1) is 0 Å². The average Bonchev–Trinajstić information content (AvgIpc) is 2.98. The molecule has 1 fully saturated rings. The molecule has 0 atom stereocenters. The van der Waals surface area contributed by atoms with Crippen molar-refractivity contribution in [2.75, 3.05) is 18.5 Å². The Morgan fingerprint density at radius 2 is 1.71 bits per heavy atom. The number of hydrogen-bond donors (Lipinski definition) is 1. The molecule has 2 aromatic rings. The summed E-state index contributed by atoms with van der Waals surface area (Å²) in [4.78, 5) is 38.5. The molecule has 3 amide bonds. The highest BCUT2D eigenvalue weighted by Crippen LogP contribution is 2.32. The predicted molar refractivity (Wildman–Crippen MR) is 121 cm³/mol. The van der Waals surface area contributed by atoms with E-state index in [9.17, 15) is 14.4 Å². The van der Waals surface area contributed by atoms with E-state index in [-0.39, 0.29) is 17.6 Å². The molecular formula is C23H24N2O5S. The molecule has 0 radical (unpaired) electrons. The minimum atomic E-state index is -0.487. The largest absolute Gasteiger partial charge is 0.494 e. The Hall–Kier alpha value is -3.26. The van der Waals surface area contributed by atoms with Gasteiger partial charge in [0.2, 0.25) is 5.91 Å². The van der Waals surface area contributed by atoms with Gasteiger partial charge in [0.05, 0.1) is 17.6 Å². The van der Waals surface area contributed by atoms with E-state index >= 15 is 0 Å². The zero-order valence-electron chi connectivity index (χ0n) is 17.6. The summed E-state index contributed by atoms with van der Waals surface area (Å²) in [5.41, 5.74) is 1.32. The van der Waals surface area contributed by atoms with E-state index in [1.165, 1.54) is 0 Å². The van der Waals surface area contributed by atoms with Crippen LogP contribution in [0, 0.1) is 0 Å². The second-order valence-corrected chi connectivity index (χ2v) is 8.00. The minimum absolute atomic E-state index is 0.0658. The summed E-state index contributed by atoms with van der Waals surface area (Å²) in [5.74, 6) is 0.480. The van der Waals surface area contributed by atoms with Crippen LogP contribution in [0.15, 0.2) is 53.4 Å². The second kappa shape index (κ2) is 10.2. The predicted octanol–water partition coefficient (Wildman–Crippen LogP) is 4.55. The maximum atomic E-state index is 12.6. The summed E-state index contributed by atoms with van der Waals surface area (Å²) >= 11 is 0.818. The second-order valence-electron chi connectivity index (χ2n) is 7.01. The van der Waals surface area contributed by atoms with Crippen molar-refractivity contribution in [1.82, 2.24) is 4.90 Å². The first-order valence-corrected chi connectivity index (χ1v) is 10.7. The number of rotatable bonds is 8. The van der Waals surface area contributed by atoms with Crippen LogP contribution in [-0.4, -0.2) is 41.2 Å². The Labute approximate surface area is 185 Å². The van der Waals surface area contributed by atoms with Crippen molar-refractivity contribution in [3.63, 3.8) is 0 Å². The molecule has 8 heteroatoms. The Kier molecular flexibility index (Phi) is 7.36. The Balaban J connectivity index is 1.61. The summed E-state index contributed by atoms with van der Waals surface area (Å²) in [5, 5.41) is 2.21. The van der Waals surface area contributed by atoms with E-state index in [1.807, 2.05) is 32.9 Å². The lowest BCUT2D eigenvalue weighted by Crippen LogP contribution is -2.36. The lowest BCUT2D eigenvalue weighted by atomic mass is 10.2. The van der Waals surface area contributed by atoms with Crippen LogP contribution in [0.25, 0.3) is 6.08 Å². The molecule has 0 aromatic heterocycles. The van der Waals surface area contributed by atoms with E-state index in [1.54, 1.807) is 42.5 Å². The van der Waals surface area contributed by atoms with Crippen molar-refractivity contribution in [3.05, 3.63) is 59.0 Å². The van der Waals surface area contributed by atoms with Gasteiger partial charge in [-0.1, -0.05) is 12.1 Å². The fourth-order valence-corrected chi connectivity index (χ4v) is 3.69. The van der Waals surface area contributed by atoms with Crippen LogP contribution in [0.3, 0.4) is 0 Å². The summed E-state index contributed by atoms with van der Waals surface area (Å²) in [6, 6.07) is 14.1. The molecule has 1 heterocycles. The van der Waals surface area contributed by atoms with Gasteiger partial charge in [-0.05, 0) is 80.6 Å². The molecule has 7 nitrogen and oxygen atoms in total. The molecule has 2 aromatic carbocycles. The van der Waals surface area contributed by atoms with Gasteiger partial charge in [-0.3, -0.25) is 19.3 Å². The third-order valence-corrected chi connectivity index (χ3v) is 5.08. The van der Waals surface area contributed by atoms with Gasteiger partial charge < -0.3 is 14.8 Å². The quantitative estimate of drug-likeness (QED) is 0.607. The topological polar surface area (TPSA) is 84.9 Å². The van der Waals surface area contributed by atoms with Crippen molar-refractivity contribution in [2.45, 2.75) is 26.9 Å². The molecule has 0 bridgehead atoms. The van der Waals surface area contributed by atoms with Gasteiger partial charge in [-0.2, -0.15) is 0 Å². The first kappa shape index (κ1) is 22.4. The van der Waals surface area contributed by atoms with Gasteiger partial charge in [-0.25, -0.2) is 0 Å². The number of hydrogen-bond acceptors (Lipinski definition) is 6. The standard InChI is InChI=1S/C23H24N2O5S/c1-4-29-18-11-7-17(8-12-18)24-21(26)14-25-22(27)20(31-23(25)28)13-16-5-9-19(10-6-16)30-15(2)3/h5-13,15H,4,14H2,1-3H3,(H,24,26)/b20-13+. The van der Waals surface area contributed by atoms with Crippen LogP contribution in [0.1, 0.15) is 26.3 Å². The summed E-state index contributed by atoms with van der Waals surface area (Å²) in [6.07, 6.45) is 1.70. The van der Waals surface area contributed by atoms with Gasteiger partial charge in [0.15, 0.2) is 0 Å². The lowest BCUT2D eigenvalue weighted by Gasteiger charge is -2.12. The molecule has 1 aliphatic rings. The molecule has 0 unspecified atom stereocenters. The third kappa shape index (κ3) is 6.11. The van der Waals surface area contributed by atoms with Crippen molar-refractivity contribution in [1.29, 1.82) is 0 Å². The number of benzene rings is 2. The number of carbonyl (C=O) groups is 3. The van der Waals surface area contributed by atoms with Gasteiger partial charge >= 0.3 is 0 Å². The van der Waals surface area contributed by atoms with Crippen LogP contribution < -0.4 is 14.8 Å². The molecule has 1 aliphatic heterocycles. The van der Waals surface area contributed by atoms with Crippen LogP contribution in [-0.2, 0) is 9.59 Å². The fraction of sp³-hybridized carbons (Fsp3) is 0.261. The van der Waals surface area contributed by atoms with Gasteiger partial charge in [0.1, 0.15) is 18.0 Å². The van der Waals surface area contributed by atoms with Gasteiger partial charge in [0.25, 0.3) is 11.1 Å². The Bertz CT molecular complexity index is 984. The first-order valence-electron chi connectivity index (χ1n) is 9.90. The first-order chi connectivity index (χ1) is 14.9. The molecule has 31 heavy (non-hydrogen) atoms. The molecule has 0 aliphatic carbocycles. The number of carbonyl (C=O) groups excluding carboxylic acids is 3. The third-order valence-electron chi connectivity index (χ3n) is 4.17. The molecule has 0 saturated carbocycles. The lowest BCUT2D eigenvalue weighted by molar-refractivity contribution is -0.127. The minimum Gasteiger partial charge on any atom is -0.494 e. The molecule has 3 rings (SSSR count). The zero-order chi connectivity index (χ0) is 22.4. The van der Waals surface area contributed by atoms with E-state index in [4.69, 9.17) is 9.47 Å². The van der Waals surface area contributed by atoms with Gasteiger partial charge in [0, 0.05) is 5.69 Å². The van der Waals surface area contributed by atoms with E-state index in [2.05, 4.69) is 5.32 Å². The smallest absolute Gasteiger partial charge is 0.294 e. The SMILES string of the molecule is CCOc1ccc(NC(=O)CN2C(=O)S/C(=C/c3ccc(OC(C)C)cc3)C2=O)cc1. The van der Waals surface area contributed by atoms with Crippen LogP contribution in [0.5, 0.6) is 11.5 Å². The number of anilines is 1. The van der Waals surface area contributed by atoms with Crippen LogP contribution in [0.4, 0.5) is 10.5 Å². The highest BCUT2D eigenvalue weighted by molar-refractivity contribution is 8.18. The number of amides is 3. The number of nitrogens with one attached hydrogen (secondary N) is 1. The number of thioether (sulfide) groups is 1. The molecule has 1 saturated heterocycles. The normalized spacial score (nSPS) is 15.0. The van der Waals surface area contributed by atoms with Crippen molar-refractivity contribution in [3.8, 4) is 11.5 Å². The van der Waals surface area contributed by atoms with E-state index in [0.29, 0.717) is 18.0 Å². The van der Waals surface area contributed by atoms with E-state index < -0.39 is 17.1 Å². The zero-order valence-corrected chi connectivity index (χ0v) is 18.4. The molecule has 1 N–H and O–H groups in total. The highest BCUT2D eigenvalue weighted by atomic mass is 32.2. The number of nitrogens with zero attached hydrogens (tertiary/aromatic N) is 1. The van der Waals surface area contributed by atoms with Crippen LogP contribution >= 0.6 is 11.8 Å². The van der Waals surface area contributed by atoms with E-state index in [0.717, 1.165) is 28.0 Å². The van der Waals surface area contributed by atoms with Crippen molar-refractivity contribution < 1.29 is 23.9 Å². The average molecular weight is 441 g/mol. The monoisotopic (exact) mass is 440 g/mol. The van der Waals surface area contributed by atoms with Crippen molar-refractivity contribution in [2.24, 2.45) is 0 Å². The summed E-state index contributed by atoms with van der Waals surface area (Å²) in [7, 11) is 0. The number of ether oxygens (including phenoxy) is 2. The Morgan fingerprint density at radius 3 is 2.32 bits per heavy atom.